The van der Waals surface area contributed by atoms with Gasteiger partial charge in [-0.2, -0.15) is 5.26 Å². The number of rotatable bonds is 1. The maximum Gasteiger partial charge on any atom is 0.0670 e. The van der Waals surface area contributed by atoms with Crippen LogP contribution in [-0.4, -0.2) is 4.98 Å². The Hall–Kier alpha value is -0.880. The molecule has 0 aliphatic rings. The summed E-state index contributed by atoms with van der Waals surface area (Å²) in [6, 6.07) is 2.09. The topological polar surface area (TPSA) is 36.7 Å². The highest BCUT2D eigenvalue weighted by molar-refractivity contribution is 9.10. The number of hydrogen-bond acceptors (Lipinski definition) is 2. The van der Waals surface area contributed by atoms with Gasteiger partial charge in [0, 0.05) is 16.9 Å². The molecule has 0 radical (unpaired) electrons. The minimum atomic E-state index is 0.429. The summed E-state index contributed by atoms with van der Waals surface area (Å²) < 4.78 is 0.963. The van der Waals surface area contributed by atoms with Crippen molar-refractivity contribution < 1.29 is 0 Å². The normalized spacial score (nSPS) is 9.18. The van der Waals surface area contributed by atoms with Crippen molar-refractivity contribution in [2.24, 2.45) is 0 Å². The summed E-state index contributed by atoms with van der Waals surface area (Å²) in [5.41, 5.74) is 2.09. The quantitative estimate of drug-likeness (QED) is 0.713. The van der Waals surface area contributed by atoms with Gasteiger partial charge in [-0.25, -0.2) is 0 Å². The van der Waals surface area contributed by atoms with Crippen LogP contribution < -0.4 is 0 Å². The minimum absolute atomic E-state index is 0.429. The van der Waals surface area contributed by atoms with Crippen LogP contribution in [0.4, 0.5) is 0 Å². The first kappa shape index (κ1) is 8.22. The molecule has 0 fully saturated rings. The van der Waals surface area contributed by atoms with Crippen LogP contribution in [-0.2, 0) is 6.42 Å². The van der Waals surface area contributed by atoms with Crippen molar-refractivity contribution in [3.05, 3.63) is 28.0 Å². The largest absolute Gasteiger partial charge is 0.263 e. The Labute approximate surface area is 74.0 Å². The van der Waals surface area contributed by atoms with Crippen molar-refractivity contribution in [3.63, 3.8) is 0 Å². The lowest BCUT2D eigenvalue weighted by Crippen LogP contribution is -1.89. The summed E-state index contributed by atoms with van der Waals surface area (Å²) in [4.78, 5) is 3.97. The number of nitriles is 1. The average Bonchev–Trinajstić information content (AvgIpc) is 1.99. The van der Waals surface area contributed by atoms with E-state index in [1.165, 1.54) is 0 Å². The molecule has 0 spiro atoms. The highest BCUT2D eigenvalue weighted by Crippen LogP contribution is 2.17. The van der Waals surface area contributed by atoms with Gasteiger partial charge >= 0.3 is 0 Å². The van der Waals surface area contributed by atoms with Crippen molar-refractivity contribution in [3.8, 4) is 6.07 Å². The fourth-order valence-electron chi connectivity index (χ4n) is 0.803. The summed E-state index contributed by atoms with van der Waals surface area (Å²) >= 11 is 3.34. The predicted molar refractivity (Wildman–Crippen MR) is 46.0 cm³/mol. The maximum atomic E-state index is 8.44. The molecular weight excluding hydrogens is 204 g/mol. The van der Waals surface area contributed by atoms with Gasteiger partial charge < -0.3 is 0 Å². The molecule has 0 aliphatic heterocycles. The molecule has 0 aromatic carbocycles. The Morgan fingerprint density at radius 1 is 1.64 bits per heavy atom. The number of aromatic nitrogens is 1. The second-order valence-corrected chi connectivity index (χ2v) is 3.09. The fourth-order valence-corrected chi connectivity index (χ4v) is 1.18. The molecule has 0 unspecified atom stereocenters. The van der Waals surface area contributed by atoms with Crippen LogP contribution in [0.25, 0.3) is 0 Å². The van der Waals surface area contributed by atoms with Crippen molar-refractivity contribution in [1.29, 1.82) is 5.26 Å². The number of nitrogens with zero attached hydrogens (tertiary/aromatic N) is 2. The minimum Gasteiger partial charge on any atom is -0.263 e. The molecule has 3 heteroatoms. The Balaban J connectivity index is 3.08. The van der Waals surface area contributed by atoms with Gasteiger partial charge in [-0.1, -0.05) is 0 Å². The molecule has 0 atom stereocenters. The number of hydrogen-bond donors (Lipinski definition) is 0. The highest BCUT2D eigenvalue weighted by atomic mass is 79.9. The first-order valence-electron chi connectivity index (χ1n) is 3.21. The Kier molecular flexibility index (Phi) is 2.61. The van der Waals surface area contributed by atoms with Gasteiger partial charge in [-0.05, 0) is 34.0 Å². The van der Waals surface area contributed by atoms with Crippen LogP contribution in [0, 0.1) is 18.3 Å². The Morgan fingerprint density at radius 2 is 2.36 bits per heavy atom. The van der Waals surface area contributed by atoms with Gasteiger partial charge in [0.05, 0.1) is 12.5 Å². The van der Waals surface area contributed by atoms with Gasteiger partial charge in [0.2, 0.25) is 0 Å². The number of pyridine rings is 1. The monoisotopic (exact) mass is 210 g/mol. The summed E-state index contributed by atoms with van der Waals surface area (Å²) in [5.74, 6) is 0. The third-order valence-corrected chi connectivity index (χ3v) is 2.33. The molecule has 0 saturated carbocycles. The zero-order chi connectivity index (χ0) is 8.27. The molecule has 1 heterocycles. The molecule has 0 bridgehead atoms. The average molecular weight is 211 g/mol. The van der Waals surface area contributed by atoms with Crippen LogP contribution >= 0.6 is 15.9 Å². The van der Waals surface area contributed by atoms with E-state index in [1.54, 1.807) is 12.4 Å². The van der Waals surface area contributed by atoms with Gasteiger partial charge in [0.25, 0.3) is 0 Å². The van der Waals surface area contributed by atoms with Crippen LogP contribution in [0.3, 0.4) is 0 Å². The lowest BCUT2D eigenvalue weighted by molar-refractivity contribution is 1.13. The van der Waals surface area contributed by atoms with Crippen molar-refractivity contribution in [2.75, 3.05) is 0 Å². The van der Waals surface area contributed by atoms with Gasteiger partial charge in [0.15, 0.2) is 0 Å². The van der Waals surface area contributed by atoms with E-state index in [1.807, 2.05) is 6.92 Å². The van der Waals surface area contributed by atoms with Gasteiger partial charge in [-0.3, -0.25) is 4.98 Å². The SMILES string of the molecule is Cc1c(Br)cncc1CC#N. The van der Waals surface area contributed by atoms with E-state index >= 15 is 0 Å². The van der Waals surface area contributed by atoms with Gasteiger partial charge in [0.1, 0.15) is 0 Å². The number of halogens is 1. The van der Waals surface area contributed by atoms with Crippen LogP contribution in [0.2, 0.25) is 0 Å². The molecule has 56 valence electrons. The molecule has 0 N–H and O–H groups in total. The Bertz CT molecular complexity index is 301. The van der Waals surface area contributed by atoms with Crippen molar-refractivity contribution >= 4 is 15.9 Å². The summed E-state index contributed by atoms with van der Waals surface area (Å²) in [5, 5.41) is 8.44. The molecular formula is C8H7BrN2. The van der Waals surface area contributed by atoms with E-state index in [-0.39, 0.29) is 0 Å². The van der Waals surface area contributed by atoms with E-state index in [9.17, 15) is 0 Å². The van der Waals surface area contributed by atoms with E-state index < -0.39 is 0 Å². The zero-order valence-corrected chi connectivity index (χ0v) is 7.72. The molecule has 11 heavy (non-hydrogen) atoms. The maximum absolute atomic E-state index is 8.44. The summed E-state index contributed by atoms with van der Waals surface area (Å²) in [7, 11) is 0. The lowest BCUT2D eigenvalue weighted by Gasteiger charge is -2.00. The molecule has 0 saturated heterocycles. The van der Waals surface area contributed by atoms with Crippen LogP contribution in [0.15, 0.2) is 16.9 Å². The first-order chi connectivity index (χ1) is 5.25. The molecule has 0 aliphatic carbocycles. The van der Waals surface area contributed by atoms with E-state index in [0.29, 0.717) is 6.42 Å². The third kappa shape index (κ3) is 1.78. The van der Waals surface area contributed by atoms with Crippen LogP contribution in [0.5, 0.6) is 0 Å². The van der Waals surface area contributed by atoms with E-state index in [4.69, 9.17) is 5.26 Å². The standard InChI is InChI=1S/C8H7BrN2/c1-6-7(2-3-10)4-11-5-8(6)9/h4-5H,2H2,1H3. The summed E-state index contributed by atoms with van der Waals surface area (Å²) in [6.45, 7) is 1.97. The predicted octanol–water partition coefficient (Wildman–Crippen LogP) is 2.22. The summed E-state index contributed by atoms with van der Waals surface area (Å²) in [6.07, 6.45) is 3.89. The fraction of sp³-hybridized carbons (Fsp3) is 0.250. The molecule has 2 nitrogen and oxygen atoms in total. The van der Waals surface area contributed by atoms with Crippen molar-refractivity contribution in [2.45, 2.75) is 13.3 Å². The third-order valence-electron chi connectivity index (χ3n) is 1.53. The van der Waals surface area contributed by atoms with E-state index in [0.717, 1.165) is 15.6 Å². The van der Waals surface area contributed by atoms with E-state index in [2.05, 4.69) is 27.0 Å². The van der Waals surface area contributed by atoms with Gasteiger partial charge in [-0.15, -0.1) is 0 Å². The second-order valence-electron chi connectivity index (χ2n) is 2.24. The molecule has 0 amide bonds. The molecule has 1 aromatic rings. The second kappa shape index (κ2) is 3.49. The Morgan fingerprint density at radius 3 is 3.00 bits per heavy atom. The van der Waals surface area contributed by atoms with Crippen molar-refractivity contribution in [1.82, 2.24) is 4.98 Å². The molecule has 1 aromatic heterocycles. The van der Waals surface area contributed by atoms with Crippen LogP contribution in [0.1, 0.15) is 11.1 Å². The zero-order valence-electron chi connectivity index (χ0n) is 6.13. The first-order valence-corrected chi connectivity index (χ1v) is 4.01. The lowest BCUT2D eigenvalue weighted by atomic mass is 10.1. The highest BCUT2D eigenvalue weighted by Gasteiger charge is 2.00. The molecule has 1 rings (SSSR count). The smallest absolute Gasteiger partial charge is 0.0670 e.